The van der Waals surface area contributed by atoms with Crippen LogP contribution in [0.4, 0.5) is 0 Å². The third-order valence-electron chi connectivity index (χ3n) is 4.50. The zero-order chi connectivity index (χ0) is 17.9. The van der Waals surface area contributed by atoms with Gasteiger partial charge in [0, 0.05) is 12.0 Å². The van der Waals surface area contributed by atoms with Gasteiger partial charge in [-0.1, -0.05) is 48.0 Å². The van der Waals surface area contributed by atoms with Crippen molar-refractivity contribution in [1.29, 1.82) is 0 Å². The fraction of sp³-hybridized carbons (Fsp3) is 0.238. The number of aliphatic hydroxyl groups is 1. The summed E-state index contributed by atoms with van der Waals surface area (Å²) in [4.78, 5) is 0.771. The predicted molar refractivity (Wildman–Crippen MR) is 101 cm³/mol. The molecule has 130 valence electrons. The summed E-state index contributed by atoms with van der Waals surface area (Å²) in [6.45, 7) is 2.00. The number of methoxy groups -OCH3 is 1. The fourth-order valence-corrected chi connectivity index (χ4v) is 4.14. The van der Waals surface area contributed by atoms with Crippen LogP contribution in [0.15, 0.2) is 83.8 Å². The Bertz CT molecular complexity index is 793. The molecule has 3 nitrogen and oxygen atoms in total. The Hall–Kier alpha value is -2.01. The first-order valence-corrected chi connectivity index (χ1v) is 9.47. The van der Waals surface area contributed by atoms with E-state index < -0.39 is 22.0 Å². The van der Waals surface area contributed by atoms with Gasteiger partial charge in [0.25, 0.3) is 0 Å². The number of rotatable bonds is 5. The van der Waals surface area contributed by atoms with Gasteiger partial charge in [-0.15, -0.1) is 0 Å². The van der Waals surface area contributed by atoms with E-state index in [1.807, 2.05) is 61.5 Å². The van der Waals surface area contributed by atoms with E-state index in [0.29, 0.717) is 5.75 Å². The molecule has 3 rings (SSSR count). The summed E-state index contributed by atoms with van der Waals surface area (Å²) in [6, 6.07) is 17.1. The number of ether oxygens (including phenoxy) is 1. The van der Waals surface area contributed by atoms with Gasteiger partial charge in [0.1, 0.15) is 11.2 Å². The molecule has 0 saturated heterocycles. The van der Waals surface area contributed by atoms with Gasteiger partial charge in [0.15, 0.2) is 0 Å². The van der Waals surface area contributed by atoms with Crippen molar-refractivity contribution >= 4 is 10.8 Å². The Morgan fingerprint density at radius 2 is 1.56 bits per heavy atom. The molecule has 1 unspecified atom stereocenters. The molecule has 2 aromatic carbocycles. The van der Waals surface area contributed by atoms with Crippen LogP contribution in [-0.4, -0.2) is 27.8 Å². The fourth-order valence-electron chi connectivity index (χ4n) is 2.81. The Balaban J connectivity index is 1.81. The minimum absolute atomic E-state index is 0.296. The topological polar surface area (TPSA) is 46.5 Å². The average molecular weight is 354 g/mol. The Morgan fingerprint density at radius 3 is 2.12 bits per heavy atom. The lowest BCUT2D eigenvalue weighted by molar-refractivity contribution is 0.0777. The first kappa shape index (κ1) is 17.8. The monoisotopic (exact) mass is 354 g/mol. The lowest BCUT2D eigenvalue weighted by atomic mass is 9.85. The highest BCUT2D eigenvalue weighted by atomic mass is 32.2. The zero-order valence-corrected chi connectivity index (χ0v) is 15.2. The molecule has 0 saturated carbocycles. The molecule has 0 fully saturated rings. The Kier molecular flexibility index (Phi) is 5.04. The third-order valence-corrected chi connectivity index (χ3v) is 6.01. The standard InChI is InChI=1S/C21H22O3S/c1-17-8-10-19(11-9-17)25(23)16-20(24-2)12-14-21(22,15-13-20)18-6-4-3-5-7-18/h3-15,22H,16H2,1-2H3. The van der Waals surface area contributed by atoms with Crippen molar-refractivity contribution in [3.63, 3.8) is 0 Å². The number of hydrogen-bond donors (Lipinski definition) is 1. The van der Waals surface area contributed by atoms with E-state index >= 15 is 0 Å². The quantitative estimate of drug-likeness (QED) is 0.836. The van der Waals surface area contributed by atoms with E-state index in [2.05, 4.69) is 0 Å². The Labute approximate surface area is 151 Å². The zero-order valence-electron chi connectivity index (χ0n) is 14.4. The first-order chi connectivity index (χ1) is 12.0. The van der Waals surface area contributed by atoms with Gasteiger partial charge in [0.05, 0.1) is 16.6 Å². The van der Waals surface area contributed by atoms with Crippen molar-refractivity contribution in [1.82, 2.24) is 0 Å². The normalized spacial score (nSPS) is 26.5. The van der Waals surface area contributed by atoms with Crippen LogP contribution >= 0.6 is 0 Å². The van der Waals surface area contributed by atoms with Crippen LogP contribution in [-0.2, 0) is 21.1 Å². The van der Waals surface area contributed by atoms with Gasteiger partial charge >= 0.3 is 0 Å². The summed E-state index contributed by atoms with van der Waals surface area (Å²) in [5, 5.41) is 10.8. The molecular weight excluding hydrogens is 332 g/mol. The van der Waals surface area contributed by atoms with Crippen LogP contribution in [0.3, 0.4) is 0 Å². The molecule has 0 spiro atoms. The number of aryl methyl sites for hydroxylation is 1. The molecule has 2 aromatic rings. The van der Waals surface area contributed by atoms with Crippen molar-refractivity contribution < 1.29 is 14.1 Å². The molecule has 0 bridgehead atoms. The van der Waals surface area contributed by atoms with E-state index in [4.69, 9.17) is 4.74 Å². The van der Waals surface area contributed by atoms with Crippen molar-refractivity contribution in [2.45, 2.75) is 23.0 Å². The van der Waals surface area contributed by atoms with Crippen molar-refractivity contribution in [2.75, 3.05) is 12.9 Å². The lowest BCUT2D eigenvalue weighted by Crippen LogP contribution is -2.38. The summed E-state index contributed by atoms with van der Waals surface area (Å²) in [7, 11) is 0.384. The highest BCUT2D eigenvalue weighted by Crippen LogP contribution is 2.33. The van der Waals surface area contributed by atoms with Gasteiger partial charge in [-0.05, 0) is 48.9 Å². The van der Waals surface area contributed by atoms with Gasteiger partial charge in [-0.2, -0.15) is 0 Å². The van der Waals surface area contributed by atoms with Crippen molar-refractivity contribution in [2.24, 2.45) is 0 Å². The molecule has 1 aliphatic rings. The van der Waals surface area contributed by atoms with E-state index in [0.717, 1.165) is 16.0 Å². The van der Waals surface area contributed by atoms with E-state index in [9.17, 15) is 9.32 Å². The van der Waals surface area contributed by atoms with Crippen LogP contribution in [0.25, 0.3) is 0 Å². The van der Waals surface area contributed by atoms with Crippen molar-refractivity contribution in [3.8, 4) is 0 Å². The molecule has 4 heteroatoms. The molecule has 0 heterocycles. The molecule has 25 heavy (non-hydrogen) atoms. The largest absolute Gasteiger partial charge is 0.377 e. The van der Waals surface area contributed by atoms with Crippen molar-refractivity contribution in [3.05, 3.63) is 90.0 Å². The van der Waals surface area contributed by atoms with E-state index in [-0.39, 0.29) is 0 Å². The van der Waals surface area contributed by atoms with Crippen LogP contribution < -0.4 is 0 Å². The van der Waals surface area contributed by atoms with Gasteiger partial charge in [-0.3, -0.25) is 4.21 Å². The molecule has 0 radical (unpaired) electrons. The van der Waals surface area contributed by atoms with E-state index in [1.165, 1.54) is 0 Å². The summed E-state index contributed by atoms with van der Waals surface area (Å²) < 4.78 is 18.4. The van der Waals surface area contributed by atoms with E-state index in [1.54, 1.807) is 31.4 Å². The SMILES string of the molecule is COC1(CS(=O)c2ccc(C)cc2)C=CC(O)(c2ccccc2)C=C1. The highest BCUT2D eigenvalue weighted by Gasteiger charge is 2.35. The predicted octanol–water partition coefficient (Wildman–Crippen LogP) is 3.50. The maximum absolute atomic E-state index is 12.7. The molecular formula is C21H22O3S. The van der Waals surface area contributed by atoms with Crippen LogP contribution in [0.5, 0.6) is 0 Å². The highest BCUT2D eigenvalue weighted by molar-refractivity contribution is 7.85. The summed E-state index contributed by atoms with van der Waals surface area (Å²) >= 11 is 0. The average Bonchev–Trinajstić information content (AvgIpc) is 2.65. The molecule has 0 aromatic heterocycles. The van der Waals surface area contributed by atoms with Crippen LogP contribution in [0.2, 0.25) is 0 Å². The van der Waals surface area contributed by atoms with Gasteiger partial charge in [0.2, 0.25) is 0 Å². The number of benzene rings is 2. The summed E-state index contributed by atoms with van der Waals surface area (Å²) in [6.07, 6.45) is 7.01. The first-order valence-electron chi connectivity index (χ1n) is 8.15. The minimum atomic E-state index is -1.21. The van der Waals surface area contributed by atoms with Crippen LogP contribution in [0.1, 0.15) is 11.1 Å². The maximum atomic E-state index is 12.7. The lowest BCUT2D eigenvalue weighted by Gasteiger charge is -2.33. The summed E-state index contributed by atoms with van der Waals surface area (Å²) in [5.41, 5.74) is -0.0507. The molecule has 0 aliphatic heterocycles. The Morgan fingerprint density at radius 1 is 0.960 bits per heavy atom. The second kappa shape index (κ2) is 7.08. The maximum Gasteiger partial charge on any atom is 0.127 e. The second-order valence-electron chi connectivity index (χ2n) is 6.32. The smallest absolute Gasteiger partial charge is 0.127 e. The molecule has 1 atom stereocenters. The van der Waals surface area contributed by atoms with Gasteiger partial charge < -0.3 is 9.84 Å². The third kappa shape index (κ3) is 3.82. The van der Waals surface area contributed by atoms with Crippen LogP contribution in [0, 0.1) is 6.92 Å². The molecule has 1 N–H and O–H groups in total. The summed E-state index contributed by atoms with van der Waals surface area (Å²) in [5.74, 6) is 0.296. The molecule has 1 aliphatic carbocycles. The molecule has 0 amide bonds. The minimum Gasteiger partial charge on any atom is -0.377 e. The van der Waals surface area contributed by atoms with Gasteiger partial charge in [-0.25, -0.2) is 0 Å². The number of hydrogen-bond acceptors (Lipinski definition) is 3. The second-order valence-corrected chi connectivity index (χ2v) is 7.77.